The summed E-state index contributed by atoms with van der Waals surface area (Å²) in [5.74, 6) is 6.27. The van der Waals surface area contributed by atoms with Gasteiger partial charge in [-0.2, -0.15) is 0 Å². The zero-order chi connectivity index (χ0) is 25.0. The van der Waals surface area contributed by atoms with E-state index in [1.54, 1.807) is 0 Å². The van der Waals surface area contributed by atoms with Gasteiger partial charge in [-0.05, 0) is 23.7 Å². The van der Waals surface area contributed by atoms with Crippen LogP contribution in [0.4, 0.5) is 0 Å². The molecule has 4 unspecified atom stereocenters. The van der Waals surface area contributed by atoms with Crippen LogP contribution >= 0.6 is 18.6 Å². The van der Waals surface area contributed by atoms with Crippen molar-refractivity contribution in [3.63, 3.8) is 0 Å². The van der Waals surface area contributed by atoms with Gasteiger partial charge in [0.2, 0.25) is 0 Å². The molecule has 5 heteroatoms. The minimum absolute atomic E-state index is 0.556. The van der Waals surface area contributed by atoms with E-state index < -0.39 is 17.0 Å². The molecule has 0 amide bonds. The molecule has 0 aliphatic heterocycles. The molecule has 2 nitrogen and oxygen atoms in total. The summed E-state index contributed by atoms with van der Waals surface area (Å²) in [6.45, 7) is 21.4. The van der Waals surface area contributed by atoms with Crippen LogP contribution in [0.15, 0.2) is 0 Å². The standard InChI is InChI=1S/C28H54N2.2ClH.Ti/c1-19(2)23-13-11-14-24(20(3)4)27(23)29-17-9-10-18-30-28-25(21(5)6)15-12-16-26(28)22(7)8;;;/h19-28H,9-18H2,1-8H3;2*1H;/q-2;;;+2/p-2. The molecule has 0 aromatic carbocycles. The Hall–Kier alpha value is 1.21. The molecule has 0 spiro atoms. The predicted molar refractivity (Wildman–Crippen MR) is 146 cm³/mol. The van der Waals surface area contributed by atoms with Gasteiger partial charge >= 0.3 is 35.6 Å². The second-order valence-corrected chi connectivity index (χ2v) is 14.6. The second kappa shape index (κ2) is 17.6. The molecule has 33 heavy (non-hydrogen) atoms. The van der Waals surface area contributed by atoms with E-state index in [9.17, 15) is 0 Å². The van der Waals surface area contributed by atoms with Crippen molar-refractivity contribution in [2.75, 3.05) is 13.1 Å². The number of hydrogen-bond acceptors (Lipinski definition) is 0. The van der Waals surface area contributed by atoms with Gasteiger partial charge in [0.15, 0.2) is 0 Å². The summed E-state index contributed by atoms with van der Waals surface area (Å²) in [6.07, 6.45) is 10.8. The fraction of sp³-hybridized carbons (Fsp3) is 1.00. The molecule has 0 radical (unpaired) electrons. The Morgan fingerprint density at radius 3 is 1.03 bits per heavy atom. The first-order chi connectivity index (χ1) is 15.6. The van der Waals surface area contributed by atoms with Crippen molar-refractivity contribution >= 4 is 18.6 Å². The van der Waals surface area contributed by atoms with Crippen molar-refractivity contribution in [2.45, 2.75) is 119 Å². The van der Waals surface area contributed by atoms with Crippen LogP contribution < -0.4 is 0 Å². The molecule has 0 aromatic heterocycles. The summed E-state index contributed by atoms with van der Waals surface area (Å²) in [5, 5.41) is 10.6. The van der Waals surface area contributed by atoms with Crippen molar-refractivity contribution in [3.05, 3.63) is 10.6 Å². The van der Waals surface area contributed by atoms with Crippen LogP contribution in [0.2, 0.25) is 0 Å². The fourth-order valence-electron chi connectivity index (χ4n) is 6.65. The molecule has 0 N–H and O–H groups in total. The van der Waals surface area contributed by atoms with Gasteiger partial charge in [0.25, 0.3) is 0 Å². The number of nitrogens with zero attached hydrogens (tertiary/aromatic N) is 2. The number of halogens is 2. The summed E-state index contributed by atoms with van der Waals surface area (Å²) < 4.78 is 0. The second-order valence-electron chi connectivity index (χ2n) is 12.1. The molecule has 2 aliphatic rings. The average Bonchev–Trinajstić information content (AvgIpc) is 2.75. The summed E-state index contributed by atoms with van der Waals surface area (Å²) in [7, 11) is 9.78. The number of hydrogen-bond donors (Lipinski definition) is 0. The molecule has 4 atom stereocenters. The van der Waals surface area contributed by atoms with Gasteiger partial charge < -0.3 is 10.6 Å². The molecule has 2 saturated carbocycles. The Morgan fingerprint density at radius 2 is 0.818 bits per heavy atom. The Labute approximate surface area is 224 Å². The molecule has 0 bridgehead atoms. The van der Waals surface area contributed by atoms with E-state index in [4.69, 9.17) is 29.2 Å². The first kappa shape index (κ1) is 32.2. The number of unbranched alkanes of at least 4 members (excludes halogenated alkanes) is 1. The summed E-state index contributed by atoms with van der Waals surface area (Å²) >= 11 is -0.556. The normalized spacial score (nSPS) is 30.6. The Bertz CT molecular complexity index is 413. The zero-order valence-corrected chi connectivity index (χ0v) is 26.1. The molecular formula is C28H54Cl2N2Ti-2. The number of rotatable bonds is 11. The van der Waals surface area contributed by atoms with Gasteiger partial charge in [0, 0.05) is 0 Å². The third-order valence-electron chi connectivity index (χ3n) is 8.58. The Morgan fingerprint density at radius 1 is 0.576 bits per heavy atom. The minimum atomic E-state index is -0.556. The molecule has 0 heterocycles. The molecule has 0 aromatic rings. The molecule has 0 saturated heterocycles. The van der Waals surface area contributed by atoms with Crippen molar-refractivity contribution in [1.82, 2.24) is 0 Å². The molecule has 2 aliphatic carbocycles. The van der Waals surface area contributed by atoms with Gasteiger partial charge in [-0.3, -0.25) is 0 Å². The maximum atomic E-state index is 5.32. The van der Waals surface area contributed by atoms with E-state index in [1.165, 1.54) is 51.4 Å². The van der Waals surface area contributed by atoms with Crippen LogP contribution in [0.3, 0.4) is 0 Å². The van der Waals surface area contributed by atoms with Crippen LogP contribution in [0, 0.1) is 47.3 Å². The van der Waals surface area contributed by atoms with Crippen LogP contribution in [0.5, 0.6) is 0 Å². The van der Waals surface area contributed by atoms with Gasteiger partial charge in [-0.1, -0.05) is 130 Å². The van der Waals surface area contributed by atoms with Gasteiger partial charge in [0.1, 0.15) is 0 Å². The topological polar surface area (TPSA) is 28.2 Å². The summed E-state index contributed by atoms with van der Waals surface area (Å²) in [6, 6.07) is 1.20. The van der Waals surface area contributed by atoms with E-state index in [0.717, 1.165) is 60.4 Å². The van der Waals surface area contributed by atoms with Gasteiger partial charge in [-0.15, -0.1) is 25.2 Å². The first-order valence-electron chi connectivity index (χ1n) is 13.9. The molecular weight excluding hydrogens is 483 g/mol. The molecule has 2 rings (SSSR count). The Kier molecular flexibility index (Phi) is 17.2. The molecule has 2 fully saturated rings. The zero-order valence-electron chi connectivity index (χ0n) is 23.0. The average molecular weight is 538 g/mol. The summed E-state index contributed by atoms with van der Waals surface area (Å²) in [5.41, 5.74) is 0. The molecule has 196 valence electrons. The fourth-order valence-corrected chi connectivity index (χ4v) is 6.65. The van der Waals surface area contributed by atoms with Crippen LogP contribution in [0.25, 0.3) is 10.6 Å². The van der Waals surface area contributed by atoms with Crippen LogP contribution in [-0.4, -0.2) is 25.2 Å². The monoisotopic (exact) mass is 536 g/mol. The Balaban J connectivity index is 0.00000172. The van der Waals surface area contributed by atoms with Crippen LogP contribution in [0.1, 0.15) is 107 Å². The van der Waals surface area contributed by atoms with E-state index in [2.05, 4.69) is 55.4 Å². The van der Waals surface area contributed by atoms with E-state index in [0.29, 0.717) is 12.1 Å². The summed E-state index contributed by atoms with van der Waals surface area (Å²) in [4.78, 5) is 0. The third kappa shape index (κ3) is 11.0. The first-order valence-corrected chi connectivity index (χ1v) is 18.2. The quantitative estimate of drug-likeness (QED) is 0.185. The SMILES string of the molecule is CC(C)C1CCCC(C(C)C)C1[N-]CCCC[N-]C1C(C(C)C)CCCC1C(C)C.[Cl][Ti][Cl]. The van der Waals surface area contributed by atoms with E-state index in [1.807, 2.05) is 0 Å². The van der Waals surface area contributed by atoms with Gasteiger partial charge in [-0.25, -0.2) is 0 Å². The predicted octanol–water partition coefficient (Wildman–Crippen LogP) is 10.1. The third-order valence-corrected chi connectivity index (χ3v) is 8.58. The van der Waals surface area contributed by atoms with Crippen molar-refractivity contribution in [2.24, 2.45) is 47.3 Å². The van der Waals surface area contributed by atoms with Crippen molar-refractivity contribution in [1.29, 1.82) is 0 Å². The van der Waals surface area contributed by atoms with Crippen molar-refractivity contribution in [3.8, 4) is 0 Å². The van der Waals surface area contributed by atoms with Gasteiger partial charge in [0.05, 0.1) is 0 Å². The van der Waals surface area contributed by atoms with Crippen molar-refractivity contribution < 1.29 is 17.0 Å². The maximum absolute atomic E-state index is 5.32. The van der Waals surface area contributed by atoms with Crippen LogP contribution in [-0.2, 0) is 17.0 Å². The van der Waals surface area contributed by atoms with E-state index in [-0.39, 0.29) is 0 Å². The van der Waals surface area contributed by atoms with E-state index >= 15 is 0 Å².